The Bertz CT molecular complexity index is 763. The lowest BCUT2D eigenvalue weighted by Gasteiger charge is -2.16. The van der Waals surface area contributed by atoms with Gasteiger partial charge in [0.25, 0.3) is 0 Å². The summed E-state index contributed by atoms with van der Waals surface area (Å²) in [6.45, 7) is -0.594. The third kappa shape index (κ3) is 3.05. The number of nitrogens with two attached hydrogens (primary N) is 1. The maximum atomic E-state index is 10.7. The van der Waals surface area contributed by atoms with Crippen LogP contribution < -0.4 is 5.73 Å². The van der Waals surface area contributed by atoms with Gasteiger partial charge in [0.15, 0.2) is 17.7 Å². The number of aliphatic hydroxyl groups excluding tert-OH is 2. The van der Waals surface area contributed by atoms with E-state index in [0.717, 1.165) is 0 Å². The van der Waals surface area contributed by atoms with Crippen LogP contribution in [0, 0.1) is 0 Å². The van der Waals surface area contributed by atoms with Gasteiger partial charge < -0.3 is 30.5 Å². The van der Waals surface area contributed by atoms with Gasteiger partial charge in [-0.3, -0.25) is 9.09 Å². The van der Waals surface area contributed by atoms with Crippen molar-refractivity contribution >= 4 is 24.8 Å². The van der Waals surface area contributed by atoms with E-state index < -0.39 is 39.0 Å². The third-order valence-electron chi connectivity index (χ3n) is 3.41. The minimum Gasteiger partial charge on any atom is -0.387 e. The number of aromatic nitrogens is 4. The lowest BCUT2D eigenvalue weighted by molar-refractivity contribution is -0.0504. The summed E-state index contributed by atoms with van der Waals surface area (Å²) in [6, 6.07) is 0. The summed E-state index contributed by atoms with van der Waals surface area (Å²) >= 11 is 0. The predicted molar refractivity (Wildman–Crippen MR) is 73.7 cm³/mol. The zero-order valence-electron chi connectivity index (χ0n) is 11.5. The summed E-state index contributed by atoms with van der Waals surface area (Å²) in [7, 11) is -4.72. The number of nitrogen functional groups attached to an aromatic ring is 1. The van der Waals surface area contributed by atoms with Gasteiger partial charge in [-0.05, 0) is 0 Å². The van der Waals surface area contributed by atoms with Crippen LogP contribution >= 0.6 is 7.82 Å². The minimum atomic E-state index is -4.72. The highest BCUT2D eigenvalue weighted by Gasteiger charge is 2.45. The SMILES string of the molecule is Nc1ncnc2c1ncn2[C@@H]1OC(COP(=O)(O)O)[C@@H](O)C1O. The molecule has 13 heteroatoms. The molecule has 0 bridgehead atoms. The van der Waals surface area contributed by atoms with Gasteiger partial charge in [-0.2, -0.15) is 0 Å². The van der Waals surface area contributed by atoms with E-state index in [1.54, 1.807) is 0 Å². The molecule has 2 aromatic rings. The van der Waals surface area contributed by atoms with E-state index in [4.69, 9.17) is 20.3 Å². The summed E-state index contributed by atoms with van der Waals surface area (Å²) < 4.78 is 21.8. The van der Waals surface area contributed by atoms with Crippen molar-refractivity contribution in [3.63, 3.8) is 0 Å². The molecule has 2 aromatic heterocycles. The van der Waals surface area contributed by atoms with Crippen LogP contribution in [0.4, 0.5) is 5.82 Å². The van der Waals surface area contributed by atoms with Crippen molar-refractivity contribution in [1.82, 2.24) is 19.5 Å². The molecule has 1 saturated heterocycles. The number of aliphatic hydroxyl groups is 2. The molecule has 0 spiro atoms. The zero-order valence-corrected chi connectivity index (χ0v) is 12.4. The molecule has 12 nitrogen and oxygen atoms in total. The first-order valence-electron chi connectivity index (χ1n) is 6.42. The summed E-state index contributed by atoms with van der Waals surface area (Å²) in [5, 5.41) is 20.1. The van der Waals surface area contributed by atoms with Crippen LogP contribution in [-0.2, 0) is 13.8 Å². The van der Waals surface area contributed by atoms with Crippen molar-refractivity contribution in [2.45, 2.75) is 24.5 Å². The standard InChI is InChI=1S/C10H14N5O7P/c11-8-5-9(13-2-12-8)15(3-14-5)10-7(17)6(16)4(22-10)1-21-23(18,19)20/h2-4,6-7,10,16-17H,1H2,(H2,11,12,13)(H2,18,19,20)/t4?,6-,7?,10-/m1/s1. The normalized spacial score (nSPS) is 28.5. The van der Waals surface area contributed by atoms with Gasteiger partial charge in [-0.1, -0.05) is 0 Å². The van der Waals surface area contributed by atoms with Crippen LogP contribution in [0.25, 0.3) is 11.2 Å². The molecular weight excluding hydrogens is 333 g/mol. The number of phosphoric ester groups is 1. The highest BCUT2D eigenvalue weighted by Crippen LogP contribution is 2.38. The Kier molecular flexibility index (Phi) is 4.06. The van der Waals surface area contributed by atoms with E-state index in [-0.39, 0.29) is 11.5 Å². The van der Waals surface area contributed by atoms with Crippen molar-refractivity contribution in [2.75, 3.05) is 12.3 Å². The van der Waals surface area contributed by atoms with E-state index in [1.807, 2.05) is 0 Å². The van der Waals surface area contributed by atoms with Gasteiger partial charge in [0.2, 0.25) is 0 Å². The fourth-order valence-corrected chi connectivity index (χ4v) is 2.66. The lowest BCUT2D eigenvalue weighted by atomic mass is 10.1. The number of anilines is 1. The Morgan fingerprint density at radius 3 is 2.74 bits per heavy atom. The number of phosphoric acid groups is 1. The molecule has 0 aromatic carbocycles. The number of imidazole rings is 1. The van der Waals surface area contributed by atoms with Crippen molar-refractivity contribution in [1.29, 1.82) is 0 Å². The van der Waals surface area contributed by atoms with Crippen LogP contribution in [0.5, 0.6) is 0 Å². The monoisotopic (exact) mass is 347 g/mol. The minimum absolute atomic E-state index is 0.142. The molecule has 0 aliphatic carbocycles. The second-order valence-corrected chi connectivity index (χ2v) is 6.15. The van der Waals surface area contributed by atoms with E-state index in [9.17, 15) is 14.8 Å². The van der Waals surface area contributed by atoms with Gasteiger partial charge in [0, 0.05) is 0 Å². The van der Waals surface area contributed by atoms with E-state index in [1.165, 1.54) is 17.2 Å². The van der Waals surface area contributed by atoms with Gasteiger partial charge >= 0.3 is 7.82 Å². The first kappa shape index (κ1) is 16.2. The molecule has 1 fully saturated rings. The van der Waals surface area contributed by atoms with Crippen LogP contribution in [0.1, 0.15) is 6.23 Å². The molecule has 0 amide bonds. The molecule has 0 radical (unpaired) electrons. The van der Waals surface area contributed by atoms with Gasteiger partial charge in [0.05, 0.1) is 12.9 Å². The van der Waals surface area contributed by atoms with Crippen molar-refractivity contribution < 1.29 is 33.8 Å². The molecule has 1 aliphatic rings. The van der Waals surface area contributed by atoms with Crippen molar-refractivity contribution in [3.8, 4) is 0 Å². The molecule has 0 saturated carbocycles. The smallest absolute Gasteiger partial charge is 0.387 e. The largest absolute Gasteiger partial charge is 0.469 e. The molecule has 4 atom stereocenters. The summed E-state index contributed by atoms with van der Waals surface area (Å²) in [4.78, 5) is 29.2. The Balaban J connectivity index is 1.85. The van der Waals surface area contributed by atoms with Crippen LogP contribution in [0.2, 0.25) is 0 Å². The Morgan fingerprint density at radius 2 is 2.04 bits per heavy atom. The van der Waals surface area contributed by atoms with Crippen LogP contribution in [0.3, 0.4) is 0 Å². The Morgan fingerprint density at radius 1 is 1.30 bits per heavy atom. The first-order valence-corrected chi connectivity index (χ1v) is 7.95. The number of rotatable bonds is 4. The number of ether oxygens (including phenoxy) is 1. The first-order chi connectivity index (χ1) is 10.8. The molecule has 3 heterocycles. The Labute approximate surface area is 128 Å². The predicted octanol–water partition coefficient (Wildman–Crippen LogP) is -1.86. The lowest BCUT2D eigenvalue weighted by Crippen LogP contribution is -2.33. The summed E-state index contributed by atoms with van der Waals surface area (Å²) in [5.74, 6) is 0.142. The van der Waals surface area contributed by atoms with E-state index >= 15 is 0 Å². The summed E-state index contributed by atoms with van der Waals surface area (Å²) in [6.07, 6.45) is -2.49. The van der Waals surface area contributed by atoms with Crippen LogP contribution in [-0.4, -0.2) is 64.4 Å². The topological polar surface area (TPSA) is 186 Å². The fourth-order valence-electron chi connectivity index (χ4n) is 2.32. The maximum absolute atomic E-state index is 10.7. The third-order valence-corrected chi connectivity index (χ3v) is 3.89. The Hall–Kier alpha value is -1.66. The highest BCUT2D eigenvalue weighted by molar-refractivity contribution is 7.46. The second kappa shape index (κ2) is 5.76. The van der Waals surface area contributed by atoms with E-state index in [0.29, 0.717) is 5.52 Å². The average molecular weight is 347 g/mol. The molecular formula is C10H14N5O7P. The molecule has 2 unspecified atom stereocenters. The number of hydrogen-bond acceptors (Lipinski definition) is 9. The number of hydrogen-bond donors (Lipinski definition) is 5. The zero-order chi connectivity index (χ0) is 16.8. The maximum Gasteiger partial charge on any atom is 0.469 e. The molecule has 23 heavy (non-hydrogen) atoms. The van der Waals surface area contributed by atoms with Crippen molar-refractivity contribution in [2.24, 2.45) is 0 Å². The molecule has 126 valence electrons. The van der Waals surface area contributed by atoms with E-state index in [2.05, 4.69) is 19.5 Å². The molecule has 1 aliphatic heterocycles. The van der Waals surface area contributed by atoms with Gasteiger partial charge in [-0.25, -0.2) is 19.5 Å². The summed E-state index contributed by atoms with van der Waals surface area (Å²) in [5.41, 5.74) is 6.25. The van der Waals surface area contributed by atoms with Gasteiger partial charge in [0.1, 0.15) is 30.2 Å². The van der Waals surface area contributed by atoms with Gasteiger partial charge in [-0.15, -0.1) is 0 Å². The number of fused-ring (bicyclic) bond motifs is 1. The highest BCUT2D eigenvalue weighted by atomic mass is 31.2. The van der Waals surface area contributed by atoms with Crippen molar-refractivity contribution in [3.05, 3.63) is 12.7 Å². The quantitative estimate of drug-likeness (QED) is 0.390. The second-order valence-electron chi connectivity index (χ2n) is 4.92. The average Bonchev–Trinajstić information content (AvgIpc) is 3.01. The number of nitrogens with zero attached hydrogens (tertiary/aromatic N) is 4. The van der Waals surface area contributed by atoms with Crippen LogP contribution in [0.15, 0.2) is 12.7 Å². The fraction of sp³-hybridized carbons (Fsp3) is 0.500. The molecule has 6 N–H and O–H groups in total. The molecule has 3 rings (SSSR count).